The van der Waals surface area contributed by atoms with Crippen molar-refractivity contribution in [1.29, 1.82) is 0 Å². The average molecular weight is 658 g/mol. The summed E-state index contributed by atoms with van der Waals surface area (Å²) in [5.74, 6) is 1.65. The fourth-order valence-electron chi connectivity index (χ4n) is 6.77. The van der Waals surface area contributed by atoms with E-state index in [1.165, 1.54) is 5.56 Å². The van der Waals surface area contributed by atoms with Crippen LogP contribution in [0.15, 0.2) is 115 Å². The SMILES string of the molecule is COc1cccc(CCn2nnnc2C(CCCCB2OC(C)(C)C(C)(C)O2)NC(c2ccccc2)(c2ccccc2)c2ccccc2)c1. The molecule has 0 bridgehead atoms. The Morgan fingerprint density at radius 3 is 1.90 bits per heavy atom. The Hall–Kier alpha value is -4.31. The highest BCUT2D eigenvalue weighted by molar-refractivity contribution is 6.45. The van der Waals surface area contributed by atoms with Crippen LogP contribution in [0.4, 0.5) is 0 Å². The van der Waals surface area contributed by atoms with Crippen molar-refractivity contribution in [2.24, 2.45) is 0 Å². The van der Waals surface area contributed by atoms with Crippen LogP contribution in [0, 0.1) is 0 Å². The molecule has 4 aromatic carbocycles. The number of aromatic nitrogens is 4. The third kappa shape index (κ3) is 7.64. The first-order valence-corrected chi connectivity index (χ1v) is 17.4. The molecule has 5 aromatic rings. The van der Waals surface area contributed by atoms with E-state index in [0.717, 1.165) is 60.3 Å². The topological polar surface area (TPSA) is 83.3 Å². The molecule has 0 radical (unpaired) electrons. The highest BCUT2D eigenvalue weighted by atomic mass is 16.7. The van der Waals surface area contributed by atoms with E-state index in [9.17, 15) is 0 Å². The van der Waals surface area contributed by atoms with Crippen molar-refractivity contribution in [1.82, 2.24) is 25.5 Å². The maximum atomic E-state index is 6.32. The number of ether oxygens (including phenoxy) is 1. The molecule has 0 aliphatic carbocycles. The Morgan fingerprint density at radius 2 is 1.35 bits per heavy atom. The summed E-state index contributed by atoms with van der Waals surface area (Å²) in [6, 6.07) is 40.0. The van der Waals surface area contributed by atoms with Crippen LogP contribution in [0.5, 0.6) is 5.75 Å². The zero-order valence-corrected chi connectivity index (χ0v) is 29.4. The van der Waals surface area contributed by atoms with Crippen molar-refractivity contribution in [3.8, 4) is 5.75 Å². The van der Waals surface area contributed by atoms with Crippen LogP contribution < -0.4 is 10.1 Å². The Morgan fingerprint density at radius 1 is 0.776 bits per heavy atom. The number of benzene rings is 4. The van der Waals surface area contributed by atoms with Gasteiger partial charge in [0.25, 0.3) is 0 Å². The van der Waals surface area contributed by atoms with E-state index < -0.39 is 5.54 Å². The molecule has 0 saturated carbocycles. The van der Waals surface area contributed by atoms with Crippen LogP contribution in [0.1, 0.15) is 81.1 Å². The number of aryl methyl sites for hydroxylation is 2. The molecule has 1 saturated heterocycles. The van der Waals surface area contributed by atoms with Gasteiger partial charge in [-0.25, -0.2) is 4.68 Å². The van der Waals surface area contributed by atoms with Gasteiger partial charge in [0.15, 0.2) is 5.82 Å². The standard InChI is InChI=1S/C40H48BN5O3/c1-38(2)39(3,4)49-41(48-38)28-16-15-26-36(37-43-44-45-46(37)29-27-31-18-17-25-35(30-31)47-5)42-40(32-19-9-6-10-20-32,33-21-11-7-12-22-33)34-23-13-8-14-24-34/h6-14,17-25,30,36,42H,15-16,26-29H2,1-5H3. The monoisotopic (exact) mass is 657 g/mol. The lowest BCUT2D eigenvalue weighted by molar-refractivity contribution is 0.00578. The second-order valence-corrected chi connectivity index (χ2v) is 13.9. The first-order valence-electron chi connectivity index (χ1n) is 17.4. The quantitative estimate of drug-likeness (QED) is 0.0699. The summed E-state index contributed by atoms with van der Waals surface area (Å²) in [5, 5.41) is 17.6. The Kier molecular flexibility index (Phi) is 10.6. The molecule has 1 aromatic heterocycles. The molecule has 1 aliphatic rings. The van der Waals surface area contributed by atoms with Gasteiger partial charge in [-0.3, -0.25) is 5.32 Å². The number of rotatable bonds is 15. The summed E-state index contributed by atoms with van der Waals surface area (Å²) in [5.41, 5.74) is 3.24. The predicted molar refractivity (Wildman–Crippen MR) is 194 cm³/mol. The number of hydrogen-bond donors (Lipinski definition) is 1. The lowest BCUT2D eigenvalue weighted by atomic mass is 9.76. The molecule has 1 unspecified atom stereocenters. The van der Waals surface area contributed by atoms with E-state index in [4.69, 9.17) is 14.0 Å². The number of unbranched alkanes of at least 4 members (excludes halogenated alkanes) is 1. The van der Waals surface area contributed by atoms with Crippen molar-refractivity contribution in [2.45, 2.75) is 89.0 Å². The zero-order chi connectivity index (χ0) is 34.3. The van der Waals surface area contributed by atoms with Gasteiger partial charge in [0.1, 0.15) is 5.75 Å². The summed E-state index contributed by atoms with van der Waals surface area (Å²) >= 11 is 0. The van der Waals surface area contributed by atoms with Gasteiger partial charge < -0.3 is 14.0 Å². The van der Waals surface area contributed by atoms with Gasteiger partial charge in [-0.15, -0.1) is 5.10 Å². The molecule has 1 N–H and O–H groups in total. The van der Waals surface area contributed by atoms with Crippen LogP contribution >= 0.6 is 0 Å². The molecule has 9 heteroatoms. The van der Waals surface area contributed by atoms with Gasteiger partial charge in [0, 0.05) is 6.54 Å². The second-order valence-electron chi connectivity index (χ2n) is 13.9. The minimum Gasteiger partial charge on any atom is -0.497 e. The van der Waals surface area contributed by atoms with E-state index in [2.05, 4.69) is 152 Å². The average Bonchev–Trinajstić information content (AvgIpc) is 3.68. The third-order valence-corrected chi connectivity index (χ3v) is 10.1. The van der Waals surface area contributed by atoms with Gasteiger partial charge in [-0.05, 0) is 91.7 Å². The molecule has 2 heterocycles. The number of hydrogen-bond acceptors (Lipinski definition) is 7. The smallest absolute Gasteiger partial charge is 0.457 e. The summed E-state index contributed by atoms with van der Waals surface area (Å²) < 4.78 is 20.1. The lowest BCUT2D eigenvalue weighted by Gasteiger charge is -2.40. The van der Waals surface area contributed by atoms with Crippen molar-refractivity contribution in [3.05, 3.63) is 143 Å². The predicted octanol–water partition coefficient (Wildman–Crippen LogP) is 7.81. The third-order valence-electron chi connectivity index (χ3n) is 10.1. The molecule has 6 rings (SSSR count). The van der Waals surface area contributed by atoms with E-state index in [1.807, 2.05) is 16.8 Å². The van der Waals surface area contributed by atoms with E-state index in [0.29, 0.717) is 6.54 Å². The fraction of sp³-hybridized carbons (Fsp3) is 0.375. The molecule has 8 nitrogen and oxygen atoms in total. The maximum absolute atomic E-state index is 6.32. The minimum absolute atomic E-state index is 0.181. The zero-order valence-electron chi connectivity index (χ0n) is 29.4. The van der Waals surface area contributed by atoms with Crippen molar-refractivity contribution >= 4 is 7.12 Å². The van der Waals surface area contributed by atoms with E-state index >= 15 is 0 Å². The Labute approximate surface area is 291 Å². The van der Waals surface area contributed by atoms with Crippen molar-refractivity contribution < 1.29 is 14.0 Å². The first kappa shape index (κ1) is 34.6. The van der Waals surface area contributed by atoms with Crippen LogP contribution in [-0.4, -0.2) is 45.6 Å². The van der Waals surface area contributed by atoms with Crippen LogP contribution in [-0.2, 0) is 27.8 Å². The first-order chi connectivity index (χ1) is 23.7. The molecule has 0 amide bonds. The summed E-state index contributed by atoms with van der Waals surface area (Å²) in [6.45, 7) is 9.06. The highest BCUT2D eigenvalue weighted by Gasteiger charge is 2.50. The van der Waals surface area contributed by atoms with Gasteiger partial charge in [0.2, 0.25) is 0 Å². The highest BCUT2D eigenvalue weighted by Crippen LogP contribution is 2.41. The van der Waals surface area contributed by atoms with Gasteiger partial charge in [-0.2, -0.15) is 0 Å². The molecule has 1 fully saturated rings. The Bertz CT molecular complexity index is 1650. The minimum atomic E-state index is -0.677. The summed E-state index contributed by atoms with van der Waals surface area (Å²) in [7, 11) is 1.47. The van der Waals surface area contributed by atoms with Crippen molar-refractivity contribution in [3.63, 3.8) is 0 Å². The molecule has 1 aliphatic heterocycles. The van der Waals surface area contributed by atoms with Gasteiger partial charge >= 0.3 is 7.12 Å². The summed E-state index contributed by atoms with van der Waals surface area (Å²) in [4.78, 5) is 0. The fourth-order valence-corrected chi connectivity index (χ4v) is 6.77. The van der Waals surface area contributed by atoms with E-state index in [-0.39, 0.29) is 24.4 Å². The molecule has 1 atom stereocenters. The number of nitrogens with zero attached hydrogens (tertiary/aromatic N) is 4. The van der Waals surface area contributed by atoms with Crippen LogP contribution in [0.25, 0.3) is 0 Å². The number of tetrazole rings is 1. The molecule has 0 spiro atoms. The number of nitrogens with one attached hydrogen (secondary N) is 1. The van der Waals surface area contributed by atoms with E-state index in [1.54, 1.807) is 7.11 Å². The molecular weight excluding hydrogens is 609 g/mol. The second kappa shape index (κ2) is 15.1. The van der Waals surface area contributed by atoms with Crippen LogP contribution in [0.3, 0.4) is 0 Å². The lowest BCUT2D eigenvalue weighted by Crippen LogP contribution is -2.47. The summed E-state index contributed by atoms with van der Waals surface area (Å²) in [6.07, 6.45) is 4.27. The van der Waals surface area contributed by atoms with Crippen LogP contribution in [0.2, 0.25) is 6.32 Å². The maximum Gasteiger partial charge on any atom is 0.457 e. The molecular formula is C40H48BN5O3. The normalized spacial score (nSPS) is 16.1. The van der Waals surface area contributed by atoms with Gasteiger partial charge in [-0.1, -0.05) is 116 Å². The number of methoxy groups -OCH3 is 1. The van der Waals surface area contributed by atoms with Crippen molar-refractivity contribution in [2.75, 3.05) is 7.11 Å². The molecule has 254 valence electrons. The molecule has 49 heavy (non-hydrogen) atoms. The van der Waals surface area contributed by atoms with Gasteiger partial charge in [0.05, 0.1) is 29.9 Å². The Balaban J connectivity index is 1.34. The largest absolute Gasteiger partial charge is 0.497 e.